The molecule has 2 aromatic rings. The van der Waals surface area contributed by atoms with Crippen LogP contribution >= 0.6 is 11.8 Å². The lowest BCUT2D eigenvalue weighted by Gasteiger charge is -2.42. The van der Waals surface area contributed by atoms with Gasteiger partial charge in [0.05, 0.1) is 29.4 Å². The minimum Gasteiger partial charge on any atom is -0.351 e. The van der Waals surface area contributed by atoms with Crippen molar-refractivity contribution in [1.82, 2.24) is 30.7 Å². The van der Waals surface area contributed by atoms with Crippen LogP contribution in [0.25, 0.3) is 0 Å². The summed E-state index contributed by atoms with van der Waals surface area (Å²) in [5, 5.41) is 9.90. The van der Waals surface area contributed by atoms with Crippen molar-refractivity contribution in [1.29, 1.82) is 0 Å². The Bertz CT molecular complexity index is 1660. The molecule has 0 bridgehead atoms. The summed E-state index contributed by atoms with van der Waals surface area (Å²) >= 11 is 1.88. The van der Waals surface area contributed by atoms with E-state index in [4.69, 9.17) is 0 Å². The van der Waals surface area contributed by atoms with Crippen LogP contribution in [0.2, 0.25) is 0 Å². The fraction of sp³-hybridized carbons (Fsp3) is 0.610. The molecule has 3 aliphatic heterocycles. The van der Waals surface area contributed by atoms with Crippen LogP contribution in [-0.2, 0) is 38.4 Å². The highest BCUT2D eigenvalue weighted by atomic mass is 32.2. The number of aryl methyl sites for hydroxylation is 2. The van der Waals surface area contributed by atoms with E-state index in [1.165, 1.54) is 16.7 Å². The first-order valence-electron chi connectivity index (χ1n) is 19.4. The maximum Gasteiger partial charge on any atom is 0.238 e. The van der Waals surface area contributed by atoms with Crippen molar-refractivity contribution in [3.05, 3.63) is 70.8 Å². The van der Waals surface area contributed by atoms with E-state index >= 15 is 0 Å². The molecule has 7 rings (SSSR count). The van der Waals surface area contributed by atoms with Crippen molar-refractivity contribution in [3.63, 3.8) is 0 Å². The second kappa shape index (κ2) is 15.5. The van der Waals surface area contributed by atoms with Crippen LogP contribution < -0.4 is 16.0 Å². The zero-order chi connectivity index (χ0) is 36.6. The van der Waals surface area contributed by atoms with Crippen molar-refractivity contribution >= 4 is 35.4 Å². The minimum absolute atomic E-state index is 0.00270. The Morgan fingerprint density at radius 3 is 2.21 bits per heavy atom. The molecule has 3 N–H and O–H groups in total. The van der Waals surface area contributed by atoms with Crippen LogP contribution in [0, 0.1) is 17.3 Å². The number of fused-ring (bicyclic) bond motifs is 3. The lowest BCUT2D eigenvalue weighted by atomic mass is 9.78. The van der Waals surface area contributed by atoms with Crippen molar-refractivity contribution in [3.8, 4) is 0 Å². The van der Waals surface area contributed by atoms with Gasteiger partial charge in [-0.2, -0.15) is 0 Å². The number of carbonyl (C=O) groups excluding carboxylic acids is 4. The Kier molecular flexibility index (Phi) is 11.0. The number of nitrogens with zero attached hydrogens (tertiary/aromatic N) is 3. The molecule has 1 unspecified atom stereocenters. The number of hydrogen-bond donors (Lipinski definition) is 3. The molecule has 0 aromatic heterocycles. The number of carbonyl (C=O) groups is 4. The topological polar surface area (TPSA) is 114 Å². The fourth-order valence-corrected chi connectivity index (χ4v) is 11.1. The SMILES string of the molecule is CN[C@@H](C)C(=O)N[C@H]1CCSC2CC(C)(C)[C@@H](C(=O)N[C@@H]3c4ccccc4CC[C@H]3C(=O)N3CCN(C(=O)[C@@H]4CCc5ccccc5C4)CC3)N2C1. The zero-order valence-corrected chi connectivity index (χ0v) is 32.1. The molecule has 2 aliphatic carbocycles. The van der Waals surface area contributed by atoms with Gasteiger partial charge in [0.1, 0.15) is 0 Å². The number of benzene rings is 2. The molecule has 3 fully saturated rings. The average molecular weight is 729 g/mol. The normalized spacial score (nSPS) is 29.2. The smallest absolute Gasteiger partial charge is 0.238 e. The first kappa shape index (κ1) is 36.9. The van der Waals surface area contributed by atoms with E-state index in [0.29, 0.717) is 39.1 Å². The molecule has 7 atom stereocenters. The third-order valence-corrected chi connectivity index (χ3v) is 13.8. The van der Waals surface area contributed by atoms with Crippen LogP contribution in [0.3, 0.4) is 0 Å². The molecule has 280 valence electrons. The first-order valence-corrected chi connectivity index (χ1v) is 20.5. The Morgan fingerprint density at radius 1 is 0.827 bits per heavy atom. The molecular weight excluding hydrogens is 673 g/mol. The van der Waals surface area contributed by atoms with E-state index in [0.717, 1.165) is 49.8 Å². The predicted octanol–water partition coefficient (Wildman–Crippen LogP) is 3.54. The second-order valence-corrected chi connectivity index (χ2v) is 17.6. The molecule has 3 heterocycles. The van der Waals surface area contributed by atoms with Gasteiger partial charge in [0.25, 0.3) is 0 Å². The molecule has 3 saturated heterocycles. The molecule has 5 aliphatic rings. The van der Waals surface area contributed by atoms with Gasteiger partial charge in [-0.1, -0.05) is 62.4 Å². The number of likely N-dealkylation sites (N-methyl/N-ethyl adjacent to an activating group) is 1. The molecule has 4 amide bonds. The summed E-state index contributed by atoms with van der Waals surface area (Å²) in [5.74, 6) is 0.731. The molecule has 11 heteroatoms. The lowest BCUT2D eigenvalue weighted by molar-refractivity contribution is -0.145. The van der Waals surface area contributed by atoms with Crippen molar-refractivity contribution in [2.45, 2.75) is 95.3 Å². The number of amides is 4. The van der Waals surface area contributed by atoms with Crippen LogP contribution in [0.4, 0.5) is 0 Å². The number of rotatable bonds is 7. The third-order valence-electron chi connectivity index (χ3n) is 12.5. The number of hydrogen-bond acceptors (Lipinski definition) is 7. The highest BCUT2D eigenvalue weighted by molar-refractivity contribution is 7.99. The molecule has 0 radical (unpaired) electrons. The van der Waals surface area contributed by atoms with E-state index in [9.17, 15) is 19.2 Å². The second-order valence-electron chi connectivity index (χ2n) is 16.3. The standard InChI is InChI=1S/C41H56N6O4S/c1-26(42-4)37(48)43-31-17-22-52-34-24-41(2,3)36(47(34)25-31)38(49)44-35-32-12-8-7-10-28(32)15-16-33(35)40(51)46-20-18-45(19-21-46)39(50)30-14-13-27-9-5-6-11-29(27)23-30/h5-12,26,30-31,33-36,42H,13-25H2,1-4H3,(H,43,48)(H,44,49)/t26-,30+,31-,33+,34?,35+,36+/m0/s1. The largest absolute Gasteiger partial charge is 0.351 e. The maximum atomic E-state index is 14.7. The van der Waals surface area contributed by atoms with E-state index < -0.39 is 12.1 Å². The quantitative estimate of drug-likeness (QED) is 0.400. The summed E-state index contributed by atoms with van der Waals surface area (Å²) in [7, 11) is 1.78. The molecular formula is C41H56N6O4S. The van der Waals surface area contributed by atoms with Crippen LogP contribution in [0.15, 0.2) is 48.5 Å². The lowest BCUT2D eigenvalue weighted by Crippen LogP contribution is -2.57. The average Bonchev–Trinajstić information content (AvgIpc) is 3.27. The highest BCUT2D eigenvalue weighted by Gasteiger charge is 2.52. The maximum absolute atomic E-state index is 14.7. The Balaban J connectivity index is 1.04. The van der Waals surface area contributed by atoms with Crippen LogP contribution in [0.5, 0.6) is 0 Å². The predicted molar refractivity (Wildman–Crippen MR) is 204 cm³/mol. The van der Waals surface area contributed by atoms with Crippen LogP contribution in [-0.4, -0.2) is 107 Å². The highest BCUT2D eigenvalue weighted by Crippen LogP contribution is 2.46. The summed E-state index contributed by atoms with van der Waals surface area (Å²) in [5.41, 5.74) is 4.55. The number of thioether (sulfide) groups is 1. The molecule has 10 nitrogen and oxygen atoms in total. The van der Waals surface area contributed by atoms with E-state index in [2.05, 4.69) is 71.1 Å². The monoisotopic (exact) mass is 728 g/mol. The summed E-state index contributed by atoms with van der Waals surface area (Å²) in [6, 6.07) is 15.5. The minimum atomic E-state index is -0.437. The van der Waals surface area contributed by atoms with Crippen molar-refractivity contribution in [2.24, 2.45) is 17.3 Å². The van der Waals surface area contributed by atoms with Gasteiger partial charge in [-0.05, 0) is 92.3 Å². The van der Waals surface area contributed by atoms with Crippen LogP contribution in [0.1, 0.15) is 74.8 Å². The van der Waals surface area contributed by atoms with Gasteiger partial charge in [-0.3, -0.25) is 24.1 Å². The summed E-state index contributed by atoms with van der Waals surface area (Å²) in [6.45, 7) is 8.91. The molecule has 0 spiro atoms. The van der Waals surface area contributed by atoms with Gasteiger partial charge < -0.3 is 25.8 Å². The fourth-order valence-electron chi connectivity index (χ4n) is 9.43. The number of nitrogens with one attached hydrogen (secondary N) is 3. The zero-order valence-electron chi connectivity index (χ0n) is 31.2. The van der Waals surface area contributed by atoms with Crippen molar-refractivity contribution in [2.75, 3.05) is 45.5 Å². The van der Waals surface area contributed by atoms with E-state index in [1.54, 1.807) is 7.05 Å². The molecule has 52 heavy (non-hydrogen) atoms. The van der Waals surface area contributed by atoms with Gasteiger partial charge in [0.2, 0.25) is 23.6 Å². The van der Waals surface area contributed by atoms with E-state index in [1.807, 2.05) is 40.6 Å². The molecule has 2 aromatic carbocycles. The van der Waals surface area contributed by atoms with Crippen molar-refractivity contribution < 1.29 is 19.2 Å². The molecule has 0 saturated carbocycles. The van der Waals surface area contributed by atoms with Gasteiger partial charge in [0.15, 0.2) is 0 Å². The third kappa shape index (κ3) is 7.51. The van der Waals surface area contributed by atoms with Gasteiger partial charge in [-0.25, -0.2) is 0 Å². The van der Waals surface area contributed by atoms with E-state index in [-0.39, 0.29) is 58.3 Å². The number of piperazine rings is 1. The summed E-state index contributed by atoms with van der Waals surface area (Å²) in [4.78, 5) is 61.7. The Morgan fingerprint density at radius 2 is 1.48 bits per heavy atom. The summed E-state index contributed by atoms with van der Waals surface area (Å²) in [6.07, 6.45) is 5.78. The summed E-state index contributed by atoms with van der Waals surface area (Å²) < 4.78 is 0. The van der Waals surface area contributed by atoms with Gasteiger partial charge >= 0.3 is 0 Å². The van der Waals surface area contributed by atoms with Gasteiger partial charge in [0, 0.05) is 44.7 Å². The Labute approximate surface area is 313 Å². The Hall–Kier alpha value is -3.41. The first-order chi connectivity index (χ1) is 25.0. The van der Waals surface area contributed by atoms with Gasteiger partial charge in [-0.15, -0.1) is 11.8 Å².